The number of nitro benzene ring substituents is 1. The third-order valence-corrected chi connectivity index (χ3v) is 4.58. The Morgan fingerprint density at radius 2 is 1.80 bits per heavy atom. The highest BCUT2D eigenvalue weighted by atomic mass is 35.5. The van der Waals surface area contributed by atoms with E-state index in [2.05, 4.69) is 9.80 Å². The summed E-state index contributed by atoms with van der Waals surface area (Å²) in [5.74, 6) is 0.888. The average Bonchev–Trinajstić information content (AvgIpc) is 2.63. The summed E-state index contributed by atoms with van der Waals surface area (Å²) in [4.78, 5) is 14.9. The molecule has 0 spiro atoms. The van der Waals surface area contributed by atoms with Crippen molar-refractivity contribution in [3.05, 3.63) is 63.7 Å². The molecule has 6 nitrogen and oxygen atoms in total. The summed E-state index contributed by atoms with van der Waals surface area (Å²) in [6, 6.07) is 14.4. The second-order valence-corrected chi connectivity index (χ2v) is 6.29. The molecule has 1 aliphatic rings. The van der Waals surface area contributed by atoms with Crippen molar-refractivity contribution in [1.29, 1.82) is 0 Å². The molecule has 2 aromatic carbocycles. The third kappa shape index (κ3) is 4.61. The average molecular weight is 362 g/mol. The number of piperazine rings is 1. The van der Waals surface area contributed by atoms with Gasteiger partial charge in [-0.2, -0.15) is 0 Å². The minimum absolute atomic E-state index is 0.0189. The van der Waals surface area contributed by atoms with Gasteiger partial charge in [0.1, 0.15) is 12.4 Å². The number of nitro groups is 1. The Bertz CT molecular complexity index is 719. The van der Waals surface area contributed by atoms with Gasteiger partial charge in [0.05, 0.1) is 15.6 Å². The first-order chi connectivity index (χ1) is 12.1. The predicted octanol–water partition coefficient (Wildman–Crippen LogP) is 3.45. The first kappa shape index (κ1) is 17.5. The van der Waals surface area contributed by atoms with Gasteiger partial charge in [0, 0.05) is 44.9 Å². The lowest BCUT2D eigenvalue weighted by atomic mass is 10.2. The molecule has 1 fully saturated rings. The quantitative estimate of drug-likeness (QED) is 0.582. The molecule has 1 aliphatic heterocycles. The Balaban J connectivity index is 1.48. The van der Waals surface area contributed by atoms with Gasteiger partial charge in [-0.15, -0.1) is 0 Å². The summed E-state index contributed by atoms with van der Waals surface area (Å²) in [5.41, 5.74) is 0.873. The fraction of sp³-hybridized carbons (Fsp3) is 0.333. The van der Waals surface area contributed by atoms with E-state index in [1.54, 1.807) is 6.07 Å². The van der Waals surface area contributed by atoms with Crippen LogP contribution in [0.15, 0.2) is 48.5 Å². The summed E-state index contributed by atoms with van der Waals surface area (Å²) in [6.45, 7) is 5.02. The van der Waals surface area contributed by atoms with Gasteiger partial charge < -0.3 is 9.64 Å². The van der Waals surface area contributed by atoms with Crippen molar-refractivity contribution in [2.75, 3.05) is 44.2 Å². The van der Waals surface area contributed by atoms with Gasteiger partial charge in [0.15, 0.2) is 0 Å². The van der Waals surface area contributed by atoms with Crippen LogP contribution in [0.5, 0.6) is 5.75 Å². The lowest BCUT2D eigenvalue weighted by molar-refractivity contribution is -0.384. The fourth-order valence-electron chi connectivity index (χ4n) is 2.89. The zero-order chi connectivity index (χ0) is 17.6. The summed E-state index contributed by atoms with van der Waals surface area (Å²) in [6.07, 6.45) is 0. The molecule has 132 valence electrons. The minimum atomic E-state index is -0.430. The van der Waals surface area contributed by atoms with E-state index in [1.165, 1.54) is 12.1 Å². The van der Waals surface area contributed by atoms with Crippen molar-refractivity contribution >= 4 is 23.0 Å². The maximum Gasteiger partial charge on any atom is 0.271 e. The number of benzene rings is 2. The number of para-hydroxylation sites is 1. The zero-order valence-corrected chi connectivity index (χ0v) is 14.6. The van der Waals surface area contributed by atoms with Crippen molar-refractivity contribution in [3.8, 4) is 5.75 Å². The number of halogens is 1. The Morgan fingerprint density at radius 1 is 1.08 bits per heavy atom. The summed E-state index contributed by atoms with van der Waals surface area (Å²) in [5, 5.41) is 11.2. The van der Waals surface area contributed by atoms with Crippen molar-refractivity contribution < 1.29 is 9.66 Å². The minimum Gasteiger partial charge on any atom is -0.492 e. The monoisotopic (exact) mass is 361 g/mol. The number of hydrogen-bond donors (Lipinski definition) is 0. The lowest BCUT2D eigenvalue weighted by Gasteiger charge is -2.36. The predicted molar refractivity (Wildman–Crippen MR) is 98.7 cm³/mol. The Labute approximate surface area is 151 Å². The molecule has 1 saturated heterocycles. The summed E-state index contributed by atoms with van der Waals surface area (Å²) >= 11 is 6.21. The van der Waals surface area contributed by atoms with Crippen LogP contribution in [0.25, 0.3) is 0 Å². The van der Waals surface area contributed by atoms with Crippen LogP contribution in [0.2, 0.25) is 5.02 Å². The van der Waals surface area contributed by atoms with E-state index in [-0.39, 0.29) is 5.69 Å². The molecule has 0 radical (unpaired) electrons. The molecule has 0 bridgehead atoms. The Kier molecular flexibility index (Phi) is 5.73. The highest BCUT2D eigenvalue weighted by Crippen LogP contribution is 2.30. The second-order valence-electron chi connectivity index (χ2n) is 5.88. The molecule has 2 aromatic rings. The third-order valence-electron chi connectivity index (χ3n) is 4.27. The number of non-ortho nitro benzene ring substituents is 1. The molecule has 0 aliphatic carbocycles. The molecule has 0 atom stereocenters. The SMILES string of the molecule is O=[N+]([O-])c1ccc(N2CCN(CCOc3ccccc3)CC2)c(Cl)c1. The van der Waals surface area contributed by atoms with Gasteiger partial charge >= 0.3 is 0 Å². The van der Waals surface area contributed by atoms with E-state index in [1.807, 2.05) is 30.3 Å². The van der Waals surface area contributed by atoms with Crippen LogP contribution in [0.1, 0.15) is 0 Å². The molecule has 0 saturated carbocycles. The largest absolute Gasteiger partial charge is 0.492 e. The second kappa shape index (κ2) is 8.18. The van der Waals surface area contributed by atoms with Crippen LogP contribution in [0.4, 0.5) is 11.4 Å². The topological polar surface area (TPSA) is 58.9 Å². The van der Waals surface area contributed by atoms with E-state index >= 15 is 0 Å². The molecule has 3 rings (SSSR count). The standard InChI is InChI=1S/C18H20ClN3O3/c19-17-14-15(22(23)24)6-7-18(17)21-10-8-20(9-11-21)12-13-25-16-4-2-1-3-5-16/h1-7,14H,8-13H2. The molecular formula is C18H20ClN3O3. The van der Waals surface area contributed by atoms with Crippen LogP contribution in [0, 0.1) is 10.1 Å². The van der Waals surface area contributed by atoms with E-state index in [0.717, 1.165) is 44.2 Å². The maximum atomic E-state index is 10.8. The molecule has 0 aromatic heterocycles. The number of rotatable bonds is 6. The number of anilines is 1. The first-order valence-electron chi connectivity index (χ1n) is 8.22. The van der Waals surface area contributed by atoms with Gasteiger partial charge in [-0.1, -0.05) is 29.8 Å². The van der Waals surface area contributed by atoms with Crippen LogP contribution in [-0.4, -0.2) is 49.2 Å². The molecule has 1 heterocycles. The van der Waals surface area contributed by atoms with Crippen molar-refractivity contribution in [1.82, 2.24) is 4.90 Å². The van der Waals surface area contributed by atoms with Crippen LogP contribution < -0.4 is 9.64 Å². The van der Waals surface area contributed by atoms with E-state index < -0.39 is 4.92 Å². The molecule has 0 unspecified atom stereocenters. The lowest BCUT2D eigenvalue weighted by Crippen LogP contribution is -2.47. The maximum absolute atomic E-state index is 10.8. The fourth-order valence-corrected chi connectivity index (χ4v) is 3.18. The van der Waals surface area contributed by atoms with Gasteiger partial charge in [0.2, 0.25) is 0 Å². The highest BCUT2D eigenvalue weighted by molar-refractivity contribution is 6.33. The van der Waals surface area contributed by atoms with Crippen molar-refractivity contribution in [2.45, 2.75) is 0 Å². The van der Waals surface area contributed by atoms with Crippen LogP contribution in [0.3, 0.4) is 0 Å². The van der Waals surface area contributed by atoms with Gasteiger partial charge in [-0.3, -0.25) is 15.0 Å². The van der Waals surface area contributed by atoms with Crippen LogP contribution in [-0.2, 0) is 0 Å². The molecule has 0 amide bonds. The van der Waals surface area contributed by atoms with Gasteiger partial charge in [-0.05, 0) is 18.2 Å². The molecule has 25 heavy (non-hydrogen) atoms. The Morgan fingerprint density at radius 3 is 2.44 bits per heavy atom. The van der Waals surface area contributed by atoms with Crippen LogP contribution >= 0.6 is 11.6 Å². The van der Waals surface area contributed by atoms with E-state index in [4.69, 9.17) is 16.3 Å². The molecule has 7 heteroatoms. The summed E-state index contributed by atoms with van der Waals surface area (Å²) < 4.78 is 5.73. The van der Waals surface area contributed by atoms with E-state index in [0.29, 0.717) is 11.6 Å². The highest BCUT2D eigenvalue weighted by Gasteiger charge is 2.20. The first-order valence-corrected chi connectivity index (χ1v) is 8.60. The normalized spacial score (nSPS) is 15.2. The summed E-state index contributed by atoms with van der Waals surface area (Å²) in [7, 11) is 0. The number of hydrogen-bond acceptors (Lipinski definition) is 5. The van der Waals surface area contributed by atoms with Crippen molar-refractivity contribution in [2.24, 2.45) is 0 Å². The van der Waals surface area contributed by atoms with Gasteiger partial charge in [0.25, 0.3) is 5.69 Å². The number of nitrogens with zero attached hydrogens (tertiary/aromatic N) is 3. The smallest absolute Gasteiger partial charge is 0.271 e. The number of ether oxygens (including phenoxy) is 1. The van der Waals surface area contributed by atoms with Crippen molar-refractivity contribution in [3.63, 3.8) is 0 Å². The molecule has 0 N–H and O–H groups in total. The van der Waals surface area contributed by atoms with Gasteiger partial charge in [-0.25, -0.2) is 0 Å². The zero-order valence-electron chi connectivity index (χ0n) is 13.8. The Hall–Kier alpha value is -2.31. The molecular weight excluding hydrogens is 342 g/mol. The van der Waals surface area contributed by atoms with E-state index in [9.17, 15) is 10.1 Å².